The number of fused-ring (bicyclic) bond motifs is 6. The Hall–Kier alpha value is -6.18. The first-order valence-corrected chi connectivity index (χ1v) is 16.2. The molecule has 0 heterocycles. The van der Waals surface area contributed by atoms with Crippen molar-refractivity contribution in [3.63, 3.8) is 0 Å². The molecule has 0 amide bonds. The Balaban J connectivity index is 1.19. The minimum atomic E-state index is 1.12. The van der Waals surface area contributed by atoms with Crippen LogP contribution in [0.1, 0.15) is 0 Å². The van der Waals surface area contributed by atoms with E-state index in [1.165, 1.54) is 65.3 Å². The molecule has 1 nitrogen and oxygen atoms in total. The van der Waals surface area contributed by atoms with Crippen LogP contribution < -0.4 is 4.90 Å². The average Bonchev–Trinajstić information content (AvgIpc) is 3.15. The molecule has 9 rings (SSSR count). The predicted molar refractivity (Wildman–Crippen MR) is 202 cm³/mol. The smallest absolute Gasteiger partial charge is 0.0468 e. The molecule has 0 fully saturated rings. The molecule has 0 N–H and O–H groups in total. The molecule has 0 saturated carbocycles. The van der Waals surface area contributed by atoms with Crippen LogP contribution in [0.15, 0.2) is 188 Å². The fourth-order valence-electron chi connectivity index (χ4n) is 7.03. The van der Waals surface area contributed by atoms with Gasteiger partial charge in [0.1, 0.15) is 0 Å². The molecule has 9 aromatic carbocycles. The highest BCUT2D eigenvalue weighted by Gasteiger charge is 2.16. The van der Waals surface area contributed by atoms with Crippen molar-refractivity contribution < 1.29 is 0 Å². The third-order valence-corrected chi connectivity index (χ3v) is 9.40. The summed E-state index contributed by atoms with van der Waals surface area (Å²) in [5.41, 5.74) is 8.19. The first-order chi connectivity index (χ1) is 23.3. The Morgan fingerprint density at radius 3 is 1.60 bits per heavy atom. The van der Waals surface area contributed by atoms with Crippen LogP contribution in [-0.2, 0) is 0 Å². The summed E-state index contributed by atoms with van der Waals surface area (Å²) in [5, 5.41) is 10.1. The number of nitrogens with zero attached hydrogens (tertiary/aromatic N) is 1. The summed E-state index contributed by atoms with van der Waals surface area (Å²) >= 11 is 0. The lowest BCUT2D eigenvalue weighted by atomic mass is 9.96. The van der Waals surface area contributed by atoms with Crippen LogP contribution >= 0.6 is 0 Å². The van der Waals surface area contributed by atoms with Gasteiger partial charge in [-0.3, -0.25) is 0 Å². The normalized spacial score (nSPS) is 11.4. The molecule has 0 aliphatic heterocycles. The van der Waals surface area contributed by atoms with Gasteiger partial charge in [0.25, 0.3) is 0 Å². The summed E-state index contributed by atoms with van der Waals surface area (Å²) in [6, 6.07) is 68.3. The molecule has 0 radical (unpaired) electrons. The van der Waals surface area contributed by atoms with Gasteiger partial charge in [0.05, 0.1) is 0 Å². The zero-order valence-electron chi connectivity index (χ0n) is 25.8. The molecule has 0 aliphatic carbocycles. The Labute approximate surface area is 274 Å². The molecule has 1 heteroatoms. The van der Waals surface area contributed by atoms with E-state index in [4.69, 9.17) is 0 Å². The minimum absolute atomic E-state index is 1.12. The maximum atomic E-state index is 2.38. The van der Waals surface area contributed by atoms with Crippen LogP contribution in [0.25, 0.3) is 65.3 Å². The van der Waals surface area contributed by atoms with Crippen LogP contribution in [0, 0.1) is 0 Å². The number of rotatable bonds is 5. The molecule has 0 aliphatic rings. The molecule has 0 atom stereocenters. The van der Waals surface area contributed by atoms with Gasteiger partial charge in [0, 0.05) is 17.1 Å². The Morgan fingerprint density at radius 2 is 0.766 bits per heavy atom. The van der Waals surface area contributed by atoms with E-state index in [1.54, 1.807) is 0 Å². The second kappa shape index (κ2) is 11.3. The van der Waals surface area contributed by atoms with Crippen LogP contribution in [-0.4, -0.2) is 0 Å². The van der Waals surface area contributed by atoms with Gasteiger partial charge in [0.15, 0.2) is 0 Å². The maximum absolute atomic E-state index is 2.38. The number of anilines is 3. The lowest BCUT2D eigenvalue weighted by Crippen LogP contribution is -2.10. The first-order valence-electron chi connectivity index (χ1n) is 16.2. The zero-order chi connectivity index (χ0) is 31.2. The third-order valence-electron chi connectivity index (χ3n) is 9.40. The molecule has 0 spiro atoms. The summed E-state index contributed by atoms with van der Waals surface area (Å²) in [6.45, 7) is 0. The maximum Gasteiger partial charge on any atom is 0.0468 e. The number of hydrogen-bond acceptors (Lipinski definition) is 1. The Kier molecular flexibility index (Phi) is 6.54. The van der Waals surface area contributed by atoms with Crippen molar-refractivity contribution >= 4 is 60.2 Å². The number of hydrogen-bond donors (Lipinski definition) is 0. The zero-order valence-corrected chi connectivity index (χ0v) is 25.8. The minimum Gasteiger partial charge on any atom is -0.310 e. The summed E-state index contributed by atoms with van der Waals surface area (Å²) in [5.74, 6) is 0. The molecule has 47 heavy (non-hydrogen) atoms. The van der Waals surface area contributed by atoms with Gasteiger partial charge in [-0.05, 0) is 108 Å². The van der Waals surface area contributed by atoms with Crippen molar-refractivity contribution in [3.8, 4) is 22.3 Å². The van der Waals surface area contributed by atoms with Crippen molar-refractivity contribution in [2.24, 2.45) is 0 Å². The second-order valence-corrected chi connectivity index (χ2v) is 12.2. The molecule has 0 aromatic heterocycles. The van der Waals surface area contributed by atoms with E-state index in [1.807, 2.05) is 0 Å². The predicted octanol–water partition coefficient (Wildman–Crippen LogP) is 13.1. The topological polar surface area (TPSA) is 3.24 Å². The molecule has 9 aromatic rings. The Bertz CT molecular complexity index is 2560. The molecular formula is C46H31N. The molecule has 0 saturated heterocycles. The molecule has 0 bridgehead atoms. The van der Waals surface area contributed by atoms with Crippen LogP contribution in [0.3, 0.4) is 0 Å². The van der Waals surface area contributed by atoms with Crippen LogP contribution in [0.2, 0.25) is 0 Å². The van der Waals surface area contributed by atoms with Gasteiger partial charge in [-0.15, -0.1) is 0 Å². The van der Waals surface area contributed by atoms with Crippen LogP contribution in [0.5, 0.6) is 0 Å². The van der Waals surface area contributed by atoms with E-state index in [9.17, 15) is 0 Å². The summed E-state index contributed by atoms with van der Waals surface area (Å²) in [4.78, 5) is 2.38. The summed E-state index contributed by atoms with van der Waals surface area (Å²) < 4.78 is 0. The van der Waals surface area contributed by atoms with Crippen molar-refractivity contribution in [2.45, 2.75) is 0 Å². The van der Waals surface area contributed by atoms with Gasteiger partial charge in [-0.1, -0.05) is 146 Å². The van der Waals surface area contributed by atoms with E-state index in [-0.39, 0.29) is 0 Å². The summed E-state index contributed by atoms with van der Waals surface area (Å²) in [7, 11) is 0. The van der Waals surface area contributed by atoms with E-state index in [0.717, 1.165) is 17.1 Å². The fraction of sp³-hybridized carbons (Fsp3) is 0. The standard InChI is InChI=1S/C46H31N/c1-2-9-32(10-3-1)34-19-23-40(24-20-34)47(41-15-8-14-37(30-41)38-18-17-33-11-4-5-13-36(33)29-38)42-25-28-44-39(31-42)22-27-45-43-16-7-6-12-35(43)21-26-46(44)45/h1-31H. The largest absolute Gasteiger partial charge is 0.310 e. The number of benzene rings is 9. The highest BCUT2D eigenvalue weighted by molar-refractivity contribution is 6.17. The second-order valence-electron chi connectivity index (χ2n) is 12.2. The average molecular weight is 598 g/mol. The fourth-order valence-corrected chi connectivity index (χ4v) is 7.03. The van der Waals surface area contributed by atoms with E-state index in [2.05, 4.69) is 193 Å². The van der Waals surface area contributed by atoms with E-state index < -0.39 is 0 Å². The molecule has 0 unspecified atom stereocenters. The lowest BCUT2D eigenvalue weighted by Gasteiger charge is -2.27. The lowest BCUT2D eigenvalue weighted by molar-refractivity contribution is 1.29. The van der Waals surface area contributed by atoms with Gasteiger partial charge in [-0.2, -0.15) is 0 Å². The van der Waals surface area contributed by atoms with Crippen molar-refractivity contribution in [1.29, 1.82) is 0 Å². The molecular weight excluding hydrogens is 567 g/mol. The van der Waals surface area contributed by atoms with Gasteiger partial charge in [-0.25, -0.2) is 0 Å². The van der Waals surface area contributed by atoms with E-state index in [0.29, 0.717) is 0 Å². The van der Waals surface area contributed by atoms with Gasteiger partial charge < -0.3 is 4.90 Å². The Morgan fingerprint density at radius 1 is 0.234 bits per heavy atom. The highest BCUT2D eigenvalue weighted by atomic mass is 15.1. The van der Waals surface area contributed by atoms with Crippen molar-refractivity contribution in [2.75, 3.05) is 4.90 Å². The third kappa shape index (κ3) is 4.90. The quantitative estimate of drug-likeness (QED) is 0.178. The van der Waals surface area contributed by atoms with Crippen molar-refractivity contribution in [1.82, 2.24) is 0 Å². The van der Waals surface area contributed by atoms with Gasteiger partial charge >= 0.3 is 0 Å². The monoisotopic (exact) mass is 597 g/mol. The van der Waals surface area contributed by atoms with Crippen LogP contribution in [0.4, 0.5) is 17.1 Å². The first kappa shape index (κ1) is 27.2. The van der Waals surface area contributed by atoms with Gasteiger partial charge in [0.2, 0.25) is 0 Å². The van der Waals surface area contributed by atoms with Crippen molar-refractivity contribution in [3.05, 3.63) is 188 Å². The SMILES string of the molecule is c1ccc(-c2ccc(N(c3cccc(-c4ccc5ccccc5c4)c3)c3ccc4c(ccc5c6ccccc6ccc45)c3)cc2)cc1. The van der Waals surface area contributed by atoms with E-state index >= 15 is 0 Å². The summed E-state index contributed by atoms with van der Waals surface area (Å²) in [6.07, 6.45) is 0. The molecule has 220 valence electrons. The highest BCUT2D eigenvalue weighted by Crippen LogP contribution is 2.40.